The first kappa shape index (κ1) is 8.82. The number of halogens is 2. The fourth-order valence-corrected chi connectivity index (χ4v) is 1.79. The Labute approximate surface area is 84.1 Å². The molecule has 0 saturated carbocycles. The van der Waals surface area contributed by atoms with Gasteiger partial charge in [0.2, 0.25) is 0 Å². The van der Waals surface area contributed by atoms with Crippen molar-refractivity contribution < 1.29 is 0 Å². The number of nitriles is 1. The molecule has 0 aromatic heterocycles. The van der Waals surface area contributed by atoms with Crippen molar-refractivity contribution in [1.82, 2.24) is 0 Å². The van der Waals surface area contributed by atoms with Crippen LogP contribution in [0.25, 0.3) is 0 Å². The van der Waals surface area contributed by atoms with E-state index in [0.717, 1.165) is 9.13 Å². The maximum atomic E-state index is 8.66. The van der Waals surface area contributed by atoms with Crippen LogP contribution < -0.4 is 0 Å². The predicted molar refractivity (Wildman–Crippen MR) is 53.6 cm³/mol. The quantitative estimate of drug-likeness (QED) is 0.668. The van der Waals surface area contributed by atoms with Gasteiger partial charge in [0.1, 0.15) is 0 Å². The van der Waals surface area contributed by atoms with Crippen LogP contribution >= 0.6 is 34.2 Å². The molecule has 1 nitrogen and oxygen atoms in total. The molecule has 0 spiro atoms. The smallest absolute Gasteiger partial charge is 0.0995 e. The van der Waals surface area contributed by atoms with E-state index in [0.29, 0.717) is 10.6 Å². The van der Waals surface area contributed by atoms with Gasteiger partial charge >= 0.3 is 0 Å². The molecule has 0 aliphatic heterocycles. The van der Waals surface area contributed by atoms with Gasteiger partial charge in [-0.05, 0) is 47.2 Å². The van der Waals surface area contributed by atoms with E-state index < -0.39 is 0 Å². The Hall–Kier alpha value is -0.270. The van der Waals surface area contributed by atoms with Crippen LogP contribution in [0.3, 0.4) is 0 Å². The molecule has 0 aliphatic rings. The van der Waals surface area contributed by atoms with Crippen LogP contribution in [-0.2, 0) is 0 Å². The van der Waals surface area contributed by atoms with E-state index in [2.05, 4.69) is 28.7 Å². The molecule has 0 saturated heterocycles. The summed E-state index contributed by atoms with van der Waals surface area (Å²) in [5.41, 5.74) is 1.65. The first-order chi connectivity index (χ1) is 5.15. The Bertz CT molecular complexity index is 328. The lowest BCUT2D eigenvalue weighted by atomic mass is 10.1. The van der Waals surface area contributed by atoms with E-state index in [4.69, 9.17) is 16.9 Å². The summed E-state index contributed by atoms with van der Waals surface area (Å²) in [6.07, 6.45) is 0. The van der Waals surface area contributed by atoms with Crippen molar-refractivity contribution in [2.45, 2.75) is 6.92 Å². The minimum atomic E-state index is 0.622. The summed E-state index contributed by atoms with van der Waals surface area (Å²) >= 11 is 7.91. The van der Waals surface area contributed by atoms with Crippen LogP contribution in [0.5, 0.6) is 0 Å². The van der Waals surface area contributed by atoms with Gasteiger partial charge in [-0.1, -0.05) is 11.6 Å². The van der Waals surface area contributed by atoms with Crippen LogP contribution in [0.15, 0.2) is 12.1 Å². The molecular weight excluding hydrogens is 272 g/mol. The summed E-state index contributed by atoms with van der Waals surface area (Å²) < 4.78 is 1.03. The number of hydrogen-bond donors (Lipinski definition) is 0. The van der Waals surface area contributed by atoms with E-state index in [1.165, 1.54) is 0 Å². The zero-order valence-electron chi connectivity index (χ0n) is 5.86. The van der Waals surface area contributed by atoms with Crippen LogP contribution in [0.1, 0.15) is 11.1 Å². The summed E-state index contributed by atoms with van der Waals surface area (Å²) in [5, 5.41) is 9.28. The topological polar surface area (TPSA) is 23.8 Å². The standard InChI is InChI=1S/C8H5ClIN/c1-5-6(4-11)2-7(9)3-8(5)10/h2-3H,1H3. The van der Waals surface area contributed by atoms with E-state index in [1.807, 2.05) is 13.0 Å². The molecule has 1 aromatic rings. The van der Waals surface area contributed by atoms with Crippen molar-refractivity contribution in [3.8, 4) is 6.07 Å². The Morgan fingerprint density at radius 3 is 2.73 bits per heavy atom. The van der Waals surface area contributed by atoms with Gasteiger partial charge in [-0.3, -0.25) is 0 Å². The molecule has 1 rings (SSSR count). The lowest BCUT2D eigenvalue weighted by Crippen LogP contribution is -1.86. The molecule has 11 heavy (non-hydrogen) atoms. The molecule has 0 fully saturated rings. The molecule has 0 amide bonds. The zero-order valence-corrected chi connectivity index (χ0v) is 8.77. The average Bonchev–Trinajstić information content (AvgIpc) is 1.96. The van der Waals surface area contributed by atoms with Gasteiger partial charge < -0.3 is 0 Å². The second-order valence-corrected chi connectivity index (χ2v) is 3.77. The van der Waals surface area contributed by atoms with Gasteiger partial charge in [-0.2, -0.15) is 5.26 Å². The summed E-state index contributed by atoms with van der Waals surface area (Å²) in [6, 6.07) is 5.61. The summed E-state index contributed by atoms with van der Waals surface area (Å²) in [6.45, 7) is 1.91. The summed E-state index contributed by atoms with van der Waals surface area (Å²) in [7, 11) is 0. The highest BCUT2D eigenvalue weighted by Crippen LogP contribution is 2.20. The van der Waals surface area contributed by atoms with Crippen LogP contribution in [0.2, 0.25) is 5.02 Å². The number of nitrogens with zero attached hydrogens (tertiary/aromatic N) is 1. The lowest BCUT2D eigenvalue weighted by molar-refractivity contribution is 1.37. The molecule has 0 bridgehead atoms. The van der Waals surface area contributed by atoms with Crippen molar-refractivity contribution in [3.05, 3.63) is 31.9 Å². The van der Waals surface area contributed by atoms with Crippen molar-refractivity contribution in [1.29, 1.82) is 5.26 Å². The second kappa shape index (κ2) is 3.42. The fourth-order valence-electron chi connectivity index (χ4n) is 0.762. The highest BCUT2D eigenvalue weighted by molar-refractivity contribution is 14.1. The average molecular weight is 277 g/mol. The number of rotatable bonds is 0. The monoisotopic (exact) mass is 277 g/mol. The largest absolute Gasteiger partial charge is 0.192 e. The SMILES string of the molecule is Cc1c(I)cc(Cl)cc1C#N. The third kappa shape index (κ3) is 1.85. The van der Waals surface area contributed by atoms with Gasteiger partial charge in [0.25, 0.3) is 0 Å². The predicted octanol–water partition coefficient (Wildman–Crippen LogP) is 3.12. The zero-order chi connectivity index (χ0) is 8.43. The van der Waals surface area contributed by atoms with Crippen molar-refractivity contribution in [2.75, 3.05) is 0 Å². The van der Waals surface area contributed by atoms with Crippen LogP contribution in [0.4, 0.5) is 0 Å². The molecule has 0 heterocycles. The minimum absolute atomic E-state index is 0.622. The summed E-state index contributed by atoms with van der Waals surface area (Å²) in [4.78, 5) is 0. The Morgan fingerprint density at radius 1 is 1.55 bits per heavy atom. The van der Waals surface area contributed by atoms with Crippen molar-refractivity contribution in [2.24, 2.45) is 0 Å². The van der Waals surface area contributed by atoms with E-state index in [9.17, 15) is 0 Å². The Balaban J connectivity index is 3.39. The maximum Gasteiger partial charge on any atom is 0.0995 e. The molecule has 0 aliphatic carbocycles. The van der Waals surface area contributed by atoms with Gasteiger partial charge in [-0.15, -0.1) is 0 Å². The van der Waals surface area contributed by atoms with Gasteiger partial charge in [0, 0.05) is 8.59 Å². The molecule has 56 valence electrons. The molecule has 1 aromatic carbocycles. The first-order valence-electron chi connectivity index (χ1n) is 3.01. The highest BCUT2D eigenvalue weighted by atomic mass is 127. The first-order valence-corrected chi connectivity index (χ1v) is 4.46. The van der Waals surface area contributed by atoms with Crippen molar-refractivity contribution in [3.63, 3.8) is 0 Å². The molecule has 3 heteroatoms. The molecule has 0 atom stereocenters. The molecule has 0 N–H and O–H groups in total. The van der Waals surface area contributed by atoms with Gasteiger partial charge in [0.05, 0.1) is 11.6 Å². The normalized spacial score (nSPS) is 9.27. The lowest BCUT2D eigenvalue weighted by Gasteiger charge is -2.00. The van der Waals surface area contributed by atoms with E-state index in [-0.39, 0.29) is 0 Å². The second-order valence-electron chi connectivity index (χ2n) is 2.17. The highest BCUT2D eigenvalue weighted by Gasteiger charge is 2.02. The minimum Gasteiger partial charge on any atom is -0.192 e. The van der Waals surface area contributed by atoms with Crippen LogP contribution in [0, 0.1) is 21.8 Å². The third-order valence-electron chi connectivity index (χ3n) is 1.43. The van der Waals surface area contributed by atoms with Gasteiger partial charge in [0.15, 0.2) is 0 Å². The maximum absolute atomic E-state index is 8.66. The summed E-state index contributed by atoms with van der Waals surface area (Å²) in [5.74, 6) is 0. The van der Waals surface area contributed by atoms with E-state index in [1.54, 1.807) is 6.07 Å². The molecular formula is C8H5ClIN. The Morgan fingerprint density at radius 2 is 2.18 bits per heavy atom. The fraction of sp³-hybridized carbons (Fsp3) is 0.125. The molecule has 0 radical (unpaired) electrons. The van der Waals surface area contributed by atoms with Gasteiger partial charge in [-0.25, -0.2) is 0 Å². The van der Waals surface area contributed by atoms with Crippen LogP contribution in [-0.4, -0.2) is 0 Å². The number of hydrogen-bond acceptors (Lipinski definition) is 1. The molecule has 0 unspecified atom stereocenters. The van der Waals surface area contributed by atoms with Crippen molar-refractivity contribution >= 4 is 34.2 Å². The van der Waals surface area contributed by atoms with E-state index >= 15 is 0 Å². The Kier molecular flexibility index (Phi) is 2.74. The number of benzene rings is 1. The third-order valence-corrected chi connectivity index (χ3v) is 2.77.